The summed E-state index contributed by atoms with van der Waals surface area (Å²) in [5.41, 5.74) is -4.79. The maximum Gasteiger partial charge on any atom is 0.431 e. The molecule has 0 bridgehead atoms. The lowest BCUT2D eigenvalue weighted by Crippen LogP contribution is -2.53. The number of aryl methyl sites for hydroxylation is 1. The number of halogens is 7. The number of imidazole rings is 1. The summed E-state index contributed by atoms with van der Waals surface area (Å²) in [6.45, 7) is 1.45. The Morgan fingerprint density at radius 1 is 1.11 bits per heavy atom. The van der Waals surface area contributed by atoms with E-state index in [-0.39, 0.29) is 43.2 Å². The van der Waals surface area contributed by atoms with Crippen LogP contribution in [-0.4, -0.2) is 52.5 Å². The third kappa shape index (κ3) is 4.96. The Labute approximate surface area is 215 Å². The van der Waals surface area contributed by atoms with E-state index in [1.54, 1.807) is 0 Å². The molecule has 1 aromatic carbocycles. The molecule has 37 heavy (non-hydrogen) atoms. The summed E-state index contributed by atoms with van der Waals surface area (Å²) in [5, 5.41) is 19.2. The maximum absolute atomic E-state index is 13.4. The number of nitrogens with zero attached hydrogens (tertiary/aromatic N) is 2. The van der Waals surface area contributed by atoms with Crippen molar-refractivity contribution in [3.8, 4) is 11.3 Å². The quantitative estimate of drug-likeness (QED) is 0.366. The van der Waals surface area contributed by atoms with Gasteiger partial charge in [-0.15, -0.1) is 0 Å². The van der Waals surface area contributed by atoms with Gasteiger partial charge in [0.25, 0.3) is 5.60 Å². The molecular formula is C21H20ClF6N3O4S2. The molecule has 7 nitrogen and oxygen atoms in total. The van der Waals surface area contributed by atoms with Crippen LogP contribution in [0.3, 0.4) is 0 Å². The molecule has 204 valence electrons. The smallest absolute Gasteiger partial charge is 0.393 e. The summed E-state index contributed by atoms with van der Waals surface area (Å²) in [7, 11) is -4.17. The van der Waals surface area contributed by atoms with Gasteiger partial charge in [-0.25, -0.2) is 18.1 Å². The number of benzene rings is 1. The van der Waals surface area contributed by atoms with Crippen LogP contribution in [0.2, 0.25) is 5.02 Å². The molecule has 1 aliphatic carbocycles. The van der Waals surface area contributed by atoms with E-state index in [4.69, 9.17) is 11.6 Å². The molecule has 4 rings (SSSR count). The van der Waals surface area contributed by atoms with Crippen molar-refractivity contribution >= 4 is 37.9 Å². The first-order valence-electron chi connectivity index (χ1n) is 10.8. The van der Waals surface area contributed by atoms with Crippen LogP contribution in [0.1, 0.15) is 36.3 Å². The van der Waals surface area contributed by atoms with E-state index >= 15 is 0 Å². The molecule has 0 saturated heterocycles. The summed E-state index contributed by atoms with van der Waals surface area (Å²) in [4.78, 5) is 1.96. The molecule has 0 atom stereocenters. The van der Waals surface area contributed by atoms with Crippen LogP contribution in [0.15, 0.2) is 29.3 Å². The van der Waals surface area contributed by atoms with Gasteiger partial charge in [0.1, 0.15) is 4.90 Å². The van der Waals surface area contributed by atoms with E-state index in [0.717, 1.165) is 10.5 Å². The third-order valence-electron chi connectivity index (χ3n) is 6.19. The second-order valence-corrected chi connectivity index (χ2v) is 11.9. The second-order valence-electron chi connectivity index (χ2n) is 8.77. The lowest BCUT2D eigenvalue weighted by molar-refractivity contribution is -0.375. The Hall–Kier alpha value is -1.91. The van der Waals surface area contributed by atoms with Gasteiger partial charge in [-0.3, -0.25) is 4.40 Å². The first kappa shape index (κ1) is 28.1. The van der Waals surface area contributed by atoms with Gasteiger partial charge >= 0.3 is 12.4 Å². The lowest BCUT2D eigenvalue weighted by Gasteiger charge is -2.30. The fourth-order valence-electron chi connectivity index (χ4n) is 4.24. The van der Waals surface area contributed by atoms with Crippen LogP contribution >= 0.6 is 22.9 Å². The topological polar surface area (TPSA) is 104 Å². The number of thiazole rings is 1. The number of fused-ring (bicyclic) bond motifs is 1. The highest BCUT2D eigenvalue weighted by Crippen LogP contribution is 2.52. The fourth-order valence-corrected chi connectivity index (χ4v) is 7.23. The van der Waals surface area contributed by atoms with E-state index in [9.17, 15) is 45.0 Å². The number of aliphatic hydroxyl groups excluding tert-OH is 1. The zero-order valence-electron chi connectivity index (χ0n) is 18.9. The molecule has 0 amide bonds. The van der Waals surface area contributed by atoms with E-state index in [2.05, 4.69) is 9.71 Å². The summed E-state index contributed by atoms with van der Waals surface area (Å²) in [6, 6.07) is 3.30. The van der Waals surface area contributed by atoms with Gasteiger partial charge in [0, 0.05) is 17.8 Å². The average molecular weight is 592 g/mol. The molecule has 1 fully saturated rings. The summed E-state index contributed by atoms with van der Waals surface area (Å²) in [6.07, 6.45) is -10.5. The van der Waals surface area contributed by atoms with Crippen LogP contribution in [0.4, 0.5) is 26.3 Å². The maximum atomic E-state index is 13.4. The molecule has 0 radical (unpaired) electrons. The van der Waals surface area contributed by atoms with Crippen molar-refractivity contribution in [2.75, 3.05) is 0 Å². The molecule has 0 unspecified atom stereocenters. The van der Waals surface area contributed by atoms with Crippen LogP contribution in [-0.2, 0) is 15.6 Å². The highest BCUT2D eigenvalue weighted by Gasteiger charge is 2.72. The van der Waals surface area contributed by atoms with Gasteiger partial charge in [-0.05, 0) is 44.7 Å². The standard InChI is InChI=1S/C21H20ClF6N3O4S2/c1-10-17(31-9-16(36-18(31)29-10)19(33,20(23,24)25)21(26,27)28)11-2-7-14(22)15(8-11)37(34,35)30-12-3-5-13(32)6-4-12/h2,7-9,12-13,30,32-33H,3-6H2,1H3/t12-,13+. The number of nitrogens with one attached hydrogen (secondary N) is 1. The van der Waals surface area contributed by atoms with Crippen molar-refractivity contribution in [2.45, 2.75) is 67.6 Å². The van der Waals surface area contributed by atoms with Crippen molar-refractivity contribution in [3.63, 3.8) is 0 Å². The molecular weight excluding hydrogens is 572 g/mol. The van der Waals surface area contributed by atoms with Crippen LogP contribution < -0.4 is 4.72 Å². The molecule has 1 saturated carbocycles. The molecule has 2 heterocycles. The van der Waals surface area contributed by atoms with Gasteiger partial charge in [0.15, 0.2) is 4.96 Å². The van der Waals surface area contributed by atoms with Crippen molar-refractivity contribution in [1.82, 2.24) is 14.1 Å². The van der Waals surface area contributed by atoms with Crippen LogP contribution in [0.5, 0.6) is 0 Å². The minimum Gasteiger partial charge on any atom is -0.393 e. The van der Waals surface area contributed by atoms with Crippen LogP contribution in [0.25, 0.3) is 16.2 Å². The van der Waals surface area contributed by atoms with Crippen LogP contribution in [0, 0.1) is 6.92 Å². The number of alkyl halides is 6. The molecule has 16 heteroatoms. The average Bonchev–Trinajstić information content (AvgIpc) is 3.30. The summed E-state index contributed by atoms with van der Waals surface area (Å²) >= 11 is 6.15. The van der Waals surface area contributed by atoms with E-state index < -0.39 is 45.0 Å². The highest BCUT2D eigenvalue weighted by atomic mass is 35.5. The predicted molar refractivity (Wildman–Crippen MR) is 123 cm³/mol. The SMILES string of the molecule is Cc1nc2sc(C(O)(C(F)(F)F)C(F)(F)F)cn2c1-c1ccc(Cl)c(S(=O)(=O)N[C@H]2CC[C@@H](O)CC2)c1. The zero-order chi connectivity index (χ0) is 27.6. The third-order valence-corrected chi connectivity index (χ3v) is 9.28. The molecule has 3 N–H and O–H groups in total. The van der Waals surface area contributed by atoms with E-state index in [0.29, 0.717) is 31.9 Å². The van der Waals surface area contributed by atoms with Gasteiger partial charge in [0.05, 0.1) is 27.4 Å². The van der Waals surface area contributed by atoms with Gasteiger partial charge in [-0.1, -0.05) is 29.0 Å². The summed E-state index contributed by atoms with van der Waals surface area (Å²) < 4.78 is 110. The minimum atomic E-state index is -6.06. The number of rotatable bonds is 5. The number of hydrogen-bond donors (Lipinski definition) is 3. The van der Waals surface area contributed by atoms with Gasteiger partial charge < -0.3 is 10.2 Å². The number of aliphatic hydroxyl groups is 2. The zero-order valence-corrected chi connectivity index (χ0v) is 21.2. The Kier molecular flexibility index (Phi) is 7.12. The first-order chi connectivity index (χ1) is 17.0. The van der Waals surface area contributed by atoms with Crippen molar-refractivity contribution in [1.29, 1.82) is 0 Å². The molecule has 1 aliphatic rings. The molecule has 2 aromatic heterocycles. The lowest BCUT2D eigenvalue weighted by atomic mass is 9.94. The Morgan fingerprint density at radius 3 is 2.27 bits per heavy atom. The monoisotopic (exact) mass is 591 g/mol. The Balaban J connectivity index is 1.78. The summed E-state index contributed by atoms with van der Waals surface area (Å²) in [5.74, 6) is 0. The Bertz CT molecular complexity index is 1410. The number of aromatic nitrogens is 2. The van der Waals surface area contributed by atoms with E-state index in [1.807, 2.05) is 0 Å². The predicted octanol–water partition coefficient (Wildman–Crippen LogP) is 4.92. The molecule has 3 aromatic rings. The van der Waals surface area contributed by atoms with Gasteiger partial charge in [-0.2, -0.15) is 26.3 Å². The van der Waals surface area contributed by atoms with Crippen molar-refractivity contribution in [3.05, 3.63) is 40.0 Å². The first-order valence-corrected chi connectivity index (χ1v) is 13.5. The minimum absolute atomic E-state index is 0.00873. The highest BCUT2D eigenvalue weighted by molar-refractivity contribution is 7.89. The molecule has 0 aliphatic heterocycles. The normalized spacial score (nSPS) is 20.1. The fraction of sp³-hybridized carbons (Fsp3) is 0.476. The Morgan fingerprint density at radius 2 is 1.70 bits per heavy atom. The van der Waals surface area contributed by atoms with Crippen molar-refractivity contribution in [2.24, 2.45) is 0 Å². The van der Waals surface area contributed by atoms with E-state index in [1.165, 1.54) is 19.1 Å². The largest absolute Gasteiger partial charge is 0.431 e. The number of sulfonamides is 1. The van der Waals surface area contributed by atoms with Crippen molar-refractivity contribution < 1.29 is 45.0 Å². The van der Waals surface area contributed by atoms with Gasteiger partial charge in [0.2, 0.25) is 10.0 Å². The number of hydrogen-bond acceptors (Lipinski definition) is 6. The second kappa shape index (κ2) is 9.38. The molecule has 0 spiro atoms.